The zero-order valence-electron chi connectivity index (χ0n) is 11.1. The molecule has 5 nitrogen and oxygen atoms in total. The number of carbonyl (C=O) groups is 2. The zero-order valence-corrected chi connectivity index (χ0v) is 12.8. The van der Waals surface area contributed by atoms with E-state index in [0.29, 0.717) is 10.6 Å². The van der Waals surface area contributed by atoms with Crippen molar-refractivity contribution in [2.75, 3.05) is 13.6 Å². The molecule has 0 fully saturated rings. The largest absolute Gasteiger partial charge is 0.481 e. The van der Waals surface area contributed by atoms with Crippen LogP contribution in [0.15, 0.2) is 16.8 Å². The molecule has 0 saturated heterocycles. The number of carbonyl (C=O) groups excluding carboxylic acids is 1. The molecule has 2 heterocycles. The highest BCUT2D eigenvalue weighted by molar-refractivity contribution is 7.17. The smallest absolute Gasteiger partial charge is 0.305 e. The summed E-state index contributed by atoms with van der Waals surface area (Å²) in [6.45, 7) is 1.99. The molecule has 2 aromatic heterocycles. The lowest BCUT2D eigenvalue weighted by Gasteiger charge is -2.14. The van der Waals surface area contributed by atoms with Gasteiger partial charge in [0, 0.05) is 24.5 Å². The van der Waals surface area contributed by atoms with Crippen molar-refractivity contribution in [2.45, 2.75) is 13.3 Å². The fourth-order valence-corrected chi connectivity index (χ4v) is 3.42. The third-order valence-electron chi connectivity index (χ3n) is 2.77. The van der Waals surface area contributed by atoms with E-state index in [1.54, 1.807) is 25.3 Å². The highest BCUT2D eigenvalue weighted by Crippen LogP contribution is 2.29. The molecular formula is C13H14N2O3S2. The third-order valence-corrected chi connectivity index (χ3v) is 4.64. The van der Waals surface area contributed by atoms with Gasteiger partial charge in [0.1, 0.15) is 9.88 Å². The Morgan fingerprint density at radius 1 is 1.45 bits per heavy atom. The van der Waals surface area contributed by atoms with Crippen LogP contribution in [0, 0.1) is 6.92 Å². The number of hydrogen-bond donors (Lipinski definition) is 1. The number of carboxylic acid groups (broad SMARTS) is 1. The molecule has 0 aliphatic carbocycles. The van der Waals surface area contributed by atoms with Crippen LogP contribution in [0.4, 0.5) is 0 Å². The first kappa shape index (κ1) is 14.7. The fraction of sp³-hybridized carbons (Fsp3) is 0.308. The van der Waals surface area contributed by atoms with E-state index < -0.39 is 5.97 Å². The van der Waals surface area contributed by atoms with Gasteiger partial charge in [0.25, 0.3) is 5.91 Å². The minimum Gasteiger partial charge on any atom is -0.481 e. The molecule has 1 amide bonds. The minimum atomic E-state index is -0.912. The molecule has 0 bridgehead atoms. The van der Waals surface area contributed by atoms with E-state index in [1.165, 1.54) is 16.2 Å². The van der Waals surface area contributed by atoms with Gasteiger partial charge in [-0.3, -0.25) is 9.59 Å². The van der Waals surface area contributed by atoms with Gasteiger partial charge in [0.2, 0.25) is 0 Å². The van der Waals surface area contributed by atoms with E-state index in [9.17, 15) is 9.59 Å². The maximum atomic E-state index is 12.3. The average molecular weight is 310 g/mol. The third kappa shape index (κ3) is 3.23. The second kappa shape index (κ2) is 6.15. The number of thiophene rings is 1. The van der Waals surface area contributed by atoms with Gasteiger partial charge in [-0.1, -0.05) is 0 Å². The predicted molar refractivity (Wildman–Crippen MR) is 79.4 cm³/mol. The first-order chi connectivity index (χ1) is 9.49. The Morgan fingerprint density at radius 3 is 2.80 bits per heavy atom. The molecule has 0 saturated carbocycles. The summed E-state index contributed by atoms with van der Waals surface area (Å²) in [5.74, 6) is -1.09. The molecule has 0 aliphatic heterocycles. The summed E-state index contributed by atoms with van der Waals surface area (Å²) >= 11 is 2.93. The van der Waals surface area contributed by atoms with Crippen LogP contribution in [0.5, 0.6) is 0 Å². The van der Waals surface area contributed by atoms with Crippen LogP contribution in [0.1, 0.15) is 21.8 Å². The number of aryl methyl sites for hydroxylation is 1. The molecule has 2 rings (SSSR count). The standard InChI is InChI=1S/C13H14N2O3S2/c1-8-11(13(18)15(2)5-3-10(16)17)20-12(14-8)9-4-6-19-7-9/h4,6-7H,3,5H2,1-2H3,(H,16,17). The second-order valence-electron chi connectivity index (χ2n) is 4.32. The molecule has 0 atom stereocenters. The predicted octanol–water partition coefficient (Wildman–Crippen LogP) is 2.73. The SMILES string of the molecule is Cc1nc(-c2ccsc2)sc1C(=O)N(C)CCC(=O)O. The van der Waals surface area contributed by atoms with Crippen LogP contribution in [0.2, 0.25) is 0 Å². The number of rotatable bonds is 5. The molecule has 106 valence electrons. The molecule has 1 N–H and O–H groups in total. The molecule has 7 heteroatoms. The highest BCUT2D eigenvalue weighted by Gasteiger charge is 2.20. The molecule has 2 aromatic rings. The van der Waals surface area contributed by atoms with Gasteiger partial charge in [0.15, 0.2) is 0 Å². The van der Waals surface area contributed by atoms with Gasteiger partial charge < -0.3 is 10.0 Å². The van der Waals surface area contributed by atoms with E-state index in [-0.39, 0.29) is 18.9 Å². The lowest BCUT2D eigenvalue weighted by atomic mass is 10.3. The maximum Gasteiger partial charge on any atom is 0.305 e. The van der Waals surface area contributed by atoms with Crippen LogP contribution in [-0.2, 0) is 4.79 Å². The van der Waals surface area contributed by atoms with Crippen molar-refractivity contribution in [1.29, 1.82) is 0 Å². The summed E-state index contributed by atoms with van der Waals surface area (Å²) in [5, 5.41) is 13.4. The lowest BCUT2D eigenvalue weighted by Crippen LogP contribution is -2.28. The Labute approximate surface area is 124 Å². The van der Waals surface area contributed by atoms with Crippen molar-refractivity contribution in [1.82, 2.24) is 9.88 Å². The quantitative estimate of drug-likeness (QED) is 0.922. The van der Waals surface area contributed by atoms with Gasteiger partial charge in [-0.2, -0.15) is 11.3 Å². The maximum absolute atomic E-state index is 12.3. The van der Waals surface area contributed by atoms with Crippen molar-refractivity contribution in [2.24, 2.45) is 0 Å². The van der Waals surface area contributed by atoms with Crippen LogP contribution >= 0.6 is 22.7 Å². The molecule has 0 radical (unpaired) electrons. The van der Waals surface area contributed by atoms with Crippen molar-refractivity contribution in [3.63, 3.8) is 0 Å². The minimum absolute atomic E-state index is 0.0581. The van der Waals surface area contributed by atoms with Gasteiger partial charge in [-0.15, -0.1) is 11.3 Å². The molecule has 0 spiro atoms. The number of carboxylic acids is 1. The first-order valence-electron chi connectivity index (χ1n) is 5.96. The Bertz CT molecular complexity index is 620. The van der Waals surface area contributed by atoms with E-state index >= 15 is 0 Å². The van der Waals surface area contributed by atoms with Crippen LogP contribution in [0.25, 0.3) is 10.6 Å². The number of amides is 1. The lowest BCUT2D eigenvalue weighted by molar-refractivity contribution is -0.137. The van der Waals surface area contributed by atoms with E-state index in [4.69, 9.17) is 5.11 Å². The van der Waals surface area contributed by atoms with E-state index in [1.807, 2.05) is 16.8 Å². The molecule has 20 heavy (non-hydrogen) atoms. The number of thiazole rings is 1. The fourth-order valence-electron chi connectivity index (χ4n) is 1.64. The van der Waals surface area contributed by atoms with Crippen LogP contribution in [0.3, 0.4) is 0 Å². The molecule has 0 unspecified atom stereocenters. The molecule has 0 aliphatic rings. The zero-order chi connectivity index (χ0) is 14.7. The normalized spacial score (nSPS) is 10.5. The van der Waals surface area contributed by atoms with Crippen molar-refractivity contribution < 1.29 is 14.7 Å². The summed E-state index contributed by atoms with van der Waals surface area (Å²) in [6.07, 6.45) is -0.0581. The van der Waals surface area contributed by atoms with Crippen molar-refractivity contribution in [3.8, 4) is 10.6 Å². The van der Waals surface area contributed by atoms with Crippen LogP contribution < -0.4 is 0 Å². The van der Waals surface area contributed by atoms with E-state index in [2.05, 4.69) is 4.98 Å². The van der Waals surface area contributed by atoms with Gasteiger partial charge in [-0.25, -0.2) is 4.98 Å². The van der Waals surface area contributed by atoms with Crippen LogP contribution in [-0.4, -0.2) is 40.5 Å². The Kier molecular flexibility index (Phi) is 4.51. The van der Waals surface area contributed by atoms with Gasteiger partial charge >= 0.3 is 5.97 Å². The summed E-state index contributed by atoms with van der Waals surface area (Å²) < 4.78 is 0. The average Bonchev–Trinajstić information content (AvgIpc) is 3.03. The van der Waals surface area contributed by atoms with Gasteiger partial charge in [0.05, 0.1) is 12.1 Å². The number of hydrogen-bond acceptors (Lipinski definition) is 5. The van der Waals surface area contributed by atoms with Gasteiger partial charge in [-0.05, 0) is 18.4 Å². The Morgan fingerprint density at radius 2 is 2.20 bits per heavy atom. The summed E-state index contributed by atoms with van der Waals surface area (Å²) in [5.41, 5.74) is 1.69. The van der Waals surface area contributed by atoms with E-state index in [0.717, 1.165) is 10.6 Å². The Balaban J connectivity index is 2.16. The summed E-state index contributed by atoms with van der Waals surface area (Å²) in [4.78, 5) is 29.2. The summed E-state index contributed by atoms with van der Waals surface area (Å²) in [6, 6.07) is 1.96. The van der Waals surface area contributed by atoms with Crippen molar-refractivity contribution >= 4 is 34.6 Å². The first-order valence-corrected chi connectivity index (χ1v) is 7.72. The van der Waals surface area contributed by atoms with Crippen molar-refractivity contribution in [3.05, 3.63) is 27.4 Å². The highest BCUT2D eigenvalue weighted by atomic mass is 32.1. The number of nitrogens with zero attached hydrogens (tertiary/aromatic N) is 2. The number of aromatic nitrogens is 1. The molecule has 0 aromatic carbocycles. The molecular weight excluding hydrogens is 296 g/mol. The Hall–Kier alpha value is -1.73. The number of aliphatic carboxylic acids is 1. The topological polar surface area (TPSA) is 70.5 Å². The second-order valence-corrected chi connectivity index (χ2v) is 6.10. The monoisotopic (exact) mass is 310 g/mol. The summed E-state index contributed by atoms with van der Waals surface area (Å²) in [7, 11) is 1.61.